The first kappa shape index (κ1) is 103. The summed E-state index contributed by atoms with van der Waals surface area (Å²) in [4.78, 5) is 110. The lowest BCUT2D eigenvalue weighted by Gasteiger charge is -2.22. The summed E-state index contributed by atoms with van der Waals surface area (Å²) in [5, 5.41) is 17.6. The predicted molar refractivity (Wildman–Crippen MR) is 493 cm³/mol. The van der Waals surface area contributed by atoms with Crippen LogP contribution in [-0.4, -0.2) is 154 Å². The number of imide groups is 2. The summed E-state index contributed by atoms with van der Waals surface area (Å²) in [5.74, 6) is -3.08. The molecule has 7 heterocycles. The number of nitrogens with one attached hydrogen (secondary N) is 1. The molecule has 0 unspecified atom stereocenters. The van der Waals surface area contributed by atoms with E-state index in [1.165, 1.54) is 78.9 Å². The van der Waals surface area contributed by atoms with E-state index in [-0.39, 0.29) is 98.9 Å². The quantitative estimate of drug-likeness (QED) is 0.00690. The summed E-state index contributed by atoms with van der Waals surface area (Å²) in [7, 11) is 4.45. The number of nitrogen functional groups attached to an aromatic ring is 4. The molecule has 6 amide bonds. The molecule has 15 rings (SSSR count). The number of aldehydes is 1. The third-order valence-electron chi connectivity index (χ3n) is 18.3. The lowest BCUT2D eigenvalue weighted by Crippen LogP contribution is -2.39. The summed E-state index contributed by atoms with van der Waals surface area (Å²) >= 11 is 18.1. The molecule has 0 radical (unpaired) electrons. The second kappa shape index (κ2) is 47.8. The Morgan fingerprint density at radius 2 is 1.08 bits per heavy atom. The largest absolute Gasteiger partial charge is 0.465 e. The minimum absolute atomic E-state index is 0. The number of nitrogens with two attached hydrogens (primary N) is 5. The topological polar surface area (TPSA) is 402 Å². The highest BCUT2D eigenvalue weighted by atomic mass is 79.9. The molecular weight excluding hydrogens is 2070 g/mol. The number of aliphatic hydroxyl groups excluding tert-OH is 1. The number of esters is 1. The molecule has 0 aliphatic carbocycles. The van der Waals surface area contributed by atoms with Crippen LogP contribution in [0.1, 0.15) is 118 Å². The normalized spacial score (nSPS) is 13.2. The zero-order valence-electron chi connectivity index (χ0n) is 67.4. The number of hydrogen-bond acceptors (Lipinski definition) is 22. The maximum absolute atomic E-state index is 13.7. The van der Waals surface area contributed by atoms with E-state index in [4.69, 9.17) is 54.4 Å². The van der Waals surface area contributed by atoms with Gasteiger partial charge in [0.2, 0.25) is 5.91 Å². The average Bonchev–Trinajstić information content (AvgIpc) is 1.61. The van der Waals surface area contributed by atoms with Gasteiger partial charge in [-0.15, -0.1) is 6.42 Å². The Hall–Kier alpha value is -11.9. The van der Waals surface area contributed by atoms with Gasteiger partial charge in [-0.1, -0.05) is 38.3 Å². The highest BCUT2D eigenvalue weighted by molar-refractivity contribution is 9.11. The zero-order valence-corrected chi connectivity index (χ0v) is 76.9. The van der Waals surface area contributed by atoms with Gasteiger partial charge in [0, 0.05) is 78.3 Å². The molecule has 4 aromatic heterocycles. The number of fused-ring (bicyclic) bond motifs is 5. The number of carbonyl (C=O) groups is 8. The maximum atomic E-state index is 13.7. The van der Waals surface area contributed by atoms with Crippen LogP contribution in [0.2, 0.25) is 0 Å². The van der Waals surface area contributed by atoms with E-state index in [0.717, 1.165) is 28.7 Å². The second-order valence-electron chi connectivity index (χ2n) is 26.5. The Labute approximate surface area is 778 Å². The Morgan fingerprint density at radius 1 is 0.625 bits per heavy atom. The van der Waals surface area contributed by atoms with Crippen molar-refractivity contribution in [2.75, 3.05) is 87.3 Å². The highest BCUT2D eigenvalue weighted by Gasteiger charge is 2.40. The lowest BCUT2D eigenvalue weighted by molar-refractivity contribution is -0.140. The predicted octanol–water partition coefficient (Wildman–Crippen LogP) is 17.8. The van der Waals surface area contributed by atoms with Gasteiger partial charge in [-0.2, -0.15) is 5.10 Å². The van der Waals surface area contributed by atoms with E-state index in [9.17, 15) is 69.1 Å². The van der Waals surface area contributed by atoms with Crippen molar-refractivity contribution in [3.63, 3.8) is 0 Å². The van der Waals surface area contributed by atoms with Gasteiger partial charge >= 0.3 is 5.97 Å². The summed E-state index contributed by atoms with van der Waals surface area (Å²) < 4.78 is 115. The number of ether oxygens (including phenoxy) is 4. The third kappa shape index (κ3) is 25.7. The molecule has 27 nitrogen and oxygen atoms in total. The Balaban J connectivity index is 0.000000204. The van der Waals surface area contributed by atoms with E-state index >= 15 is 0 Å². The fourth-order valence-electron chi connectivity index (χ4n) is 12.3. The van der Waals surface area contributed by atoms with Crippen LogP contribution in [-0.2, 0) is 30.3 Å². The maximum Gasteiger partial charge on any atom is 0.340 e. The lowest BCUT2D eigenvalue weighted by atomic mass is 10.1. The number of aliphatic hydroxyl groups is 1. The highest BCUT2D eigenvalue weighted by Crippen LogP contribution is 2.36. The molecule has 0 saturated carbocycles. The van der Waals surface area contributed by atoms with Crippen molar-refractivity contribution in [3.05, 3.63) is 289 Å². The molecular formula is C88H79Br6F7N14O13. The molecule has 1 fully saturated rings. The number of anilines is 6. The summed E-state index contributed by atoms with van der Waals surface area (Å²) in [6.45, 7) is 8.84. The number of benzene rings is 8. The number of aromatic nitrogens is 5. The Morgan fingerprint density at radius 3 is 1.55 bits per heavy atom. The molecule has 40 heteroatoms. The van der Waals surface area contributed by atoms with Crippen LogP contribution in [0.3, 0.4) is 0 Å². The number of hydrogen-bond donors (Lipinski definition) is 7. The van der Waals surface area contributed by atoms with Crippen LogP contribution in [0.25, 0.3) is 32.7 Å². The van der Waals surface area contributed by atoms with Gasteiger partial charge in [-0.3, -0.25) is 53.4 Å². The Bertz CT molecular complexity index is 6070. The molecule has 3 aliphatic heterocycles. The molecule has 670 valence electrons. The molecule has 12 N–H and O–H groups in total. The van der Waals surface area contributed by atoms with Crippen molar-refractivity contribution in [1.29, 1.82) is 0 Å². The summed E-state index contributed by atoms with van der Waals surface area (Å²) in [6, 6.07) is 33.8. The fourth-order valence-corrected chi connectivity index (χ4v) is 14.4. The van der Waals surface area contributed by atoms with Crippen molar-refractivity contribution in [2.45, 2.75) is 52.7 Å². The number of rotatable bonds is 16. The number of primary amides is 1. The van der Waals surface area contributed by atoms with Gasteiger partial charge in [0.15, 0.2) is 12.6 Å². The van der Waals surface area contributed by atoms with Crippen LogP contribution in [0.5, 0.6) is 0 Å². The van der Waals surface area contributed by atoms with Gasteiger partial charge in [0.05, 0.1) is 140 Å². The SMILES string of the molecule is C.C#Cc1nn([C@H]2C[C@H](COC)N(C(=O)C=C)C2)c(NC)c1C(N)=O.CCOC(CN1C(=O)c2ccccc2C1=O)OCC.COC(=O)c1cc(F)c(Br)cc1N.Fc1cnc2cc(Br)c(F)cc2c1.Nc1cc(Br)c(F)cc1C=O.Nc1cc(Br)c(F)cc1CO.Nc1cnc2cc(Br)c(F)cc2c1.O=C1c2ccccc2C(=O)N1c1cnc2cc(Br)c(F)cc2c1. The number of likely N-dealkylation sites (tertiary alicyclic amines) is 1. The molecule has 128 heavy (non-hydrogen) atoms. The number of amides is 6. The molecule has 0 bridgehead atoms. The zero-order chi connectivity index (χ0) is 93.5. The van der Waals surface area contributed by atoms with Crippen LogP contribution >= 0.6 is 95.6 Å². The van der Waals surface area contributed by atoms with E-state index in [0.29, 0.717) is 135 Å². The third-order valence-corrected chi connectivity index (χ3v) is 21.9. The van der Waals surface area contributed by atoms with Crippen LogP contribution < -0.4 is 38.9 Å². The van der Waals surface area contributed by atoms with Crippen molar-refractivity contribution >= 4 is 210 Å². The van der Waals surface area contributed by atoms with Gasteiger partial charge in [-0.25, -0.2) is 45.1 Å². The fraction of sp³-hybridized carbons (Fsp3) is 0.182. The van der Waals surface area contributed by atoms with Crippen LogP contribution in [0.15, 0.2) is 198 Å². The number of pyridine rings is 3. The number of carbonyl (C=O) groups excluding carboxylic acids is 8. The molecule has 0 spiro atoms. The van der Waals surface area contributed by atoms with E-state index in [2.05, 4.69) is 138 Å². The number of terminal acetylenes is 1. The van der Waals surface area contributed by atoms with Gasteiger partial charge < -0.3 is 62.9 Å². The Kier molecular flexibility index (Phi) is 38.5. The van der Waals surface area contributed by atoms with Crippen LogP contribution in [0.4, 0.5) is 65.0 Å². The summed E-state index contributed by atoms with van der Waals surface area (Å²) in [5.41, 5.74) is 33.4. The monoisotopic (exact) mass is 2150 g/mol. The smallest absolute Gasteiger partial charge is 0.340 e. The number of nitrogens with zero attached hydrogens (tertiary/aromatic N) is 8. The first-order valence-corrected chi connectivity index (χ1v) is 41.8. The minimum atomic E-state index is -0.649. The number of methoxy groups -OCH3 is 2. The average molecular weight is 2150 g/mol. The van der Waals surface area contributed by atoms with Crippen molar-refractivity contribution in [2.24, 2.45) is 5.73 Å². The van der Waals surface area contributed by atoms with Gasteiger partial charge in [0.25, 0.3) is 29.5 Å². The van der Waals surface area contributed by atoms with Gasteiger partial charge in [0.1, 0.15) is 57.8 Å². The van der Waals surface area contributed by atoms with E-state index < -0.39 is 64.9 Å². The summed E-state index contributed by atoms with van der Waals surface area (Å²) in [6.07, 6.45) is 11.4. The van der Waals surface area contributed by atoms with E-state index in [1.807, 2.05) is 13.8 Å². The number of halogens is 13. The van der Waals surface area contributed by atoms with Crippen molar-refractivity contribution in [1.82, 2.24) is 34.5 Å². The first-order chi connectivity index (χ1) is 60.4. The molecule has 8 aromatic carbocycles. The van der Waals surface area contributed by atoms with Crippen LogP contribution in [0, 0.1) is 53.1 Å². The molecule has 1 saturated heterocycles. The van der Waals surface area contributed by atoms with Crippen molar-refractivity contribution < 1.29 is 93.1 Å². The minimum Gasteiger partial charge on any atom is -0.465 e. The first-order valence-electron chi connectivity index (χ1n) is 37.1. The van der Waals surface area contributed by atoms with Crippen molar-refractivity contribution in [3.8, 4) is 12.3 Å². The molecule has 2 atom stereocenters. The molecule has 12 aromatic rings. The van der Waals surface area contributed by atoms with Gasteiger partial charge in [-0.05, 0) is 243 Å². The standard InChI is InChI=1S/C17H8BrFN2O2.C16H21N5O3.C14H17NO4.C9H4BrF2N.C9H6BrFN2.C8H7BrFNO2.C7H7BrFNO.C7H5BrFNO.CH4/c18-13-7-15-9(6-14(13)19)5-10(8-20-15)21-16(22)11-3-1-2-4-12(11)17(21)23;1-5-12-14(15(17)23)16(18-3)21(19-12)10-7-11(9-24-4)20(8-10)13(22)6-2;1-3-18-12(19-4-2)9-15-13(16)10-7-5-6-8-11(10)14(15)17;10-7-3-9-5(2-8(7)12)1-6(11)4-13-9;10-7-3-9-5(2-8(7)11)1-6(12)4-13-9;1-13-8(12)4-2-6(10)5(9)3-7(4)11;2*8-5-2-7(10)4(3-11)1-6(5)9;/h1-8H;1,6,10-11,18H,2,7-9H2,3-4H3,(H2,17,23);5-8,12H,3-4,9H2,1-2H3;1-4H;1-4H,12H2;2-3H,11H2,1H3;1-2,11H,3,10H2;1-3H,10H2;1H4/t;10-,11+;;;;;;;/m.0......./s1. The molecule has 3 aliphatic rings. The second-order valence-corrected chi connectivity index (χ2v) is 31.7. The van der Waals surface area contributed by atoms with E-state index in [1.54, 1.807) is 103 Å².